The van der Waals surface area contributed by atoms with Crippen LogP contribution in [0.4, 0.5) is 0 Å². The number of nitrogens with zero attached hydrogens (tertiary/aromatic N) is 3. The fraction of sp³-hybridized carbons (Fsp3) is 0.100. The Bertz CT molecular complexity index is 1110. The first-order chi connectivity index (χ1) is 13.6. The number of aromatic nitrogens is 3. The van der Waals surface area contributed by atoms with E-state index in [9.17, 15) is 4.79 Å². The van der Waals surface area contributed by atoms with E-state index in [-0.39, 0.29) is 11.5 Å². The quantitative estimate of drug-likeness (QED) is 0.220. The van der Waals surface area contributed by atoms with E-state index in [0.29, 0.717) is 21.5 Å². The molecule has 5 nitrogen and oxygen atoms in total. The first kappa shape index (κ1) is 18.9. The number of benzene rings is 1. The minimum absolute atomic E-state index is 0.00197. The molecule has 0 amide bonds. The minimum atomic E-state index is -0.00197. The van der Waals surface area contributed by atoms with Crippen LogP contribution in [0.15, 0.2) is 63.7 Å². The Morgan fingerprint density at radius 1 is 1.25 bits per heavy atom. The Morgan fingerprint density at radius 2 is 2.07 bits per heavy atom. The standard InChI is InChI=1S/C20H14ClN3O2S2/c1-12-9-17(26-24-12)15-10-22-20(23-19(15)18-3-2-8-27-18)28-11-16(25)13-4-6-14(21)7-5-13/h2-10H,11H2,1H3. The molecule has 4 rings (SSSR count). The SMILES string of the molecule is Cc1cc(-c2cnc(SCC(=O)c3ccc(Cl)cc3)nc2-c2cccs2)on1. The van der Waals surface area contributed by atoms with Gasteiger partial charge in [0.25, 0.3) is 0 Å². The third-order valence-electron chi connectivity index (χ3n) is 3.91. The molecule has 1 aromatic carbocycles. The number of thioether (sulfide) groups is 1. The molecule has 0 atom stereocenters. The molecular weight excluding hydrogens is 414 g/mol. The first-order valence-corrected chi connectivity index (χ1v) is 10.6. The predicted octanol–water partition coefficient (Wildman–Crippen LogP) is 5.80. The Balaban J connectivity index is 1.59. The zero-order valence-corrected chi connectivity index (χ0v) is 17.1. The van der Waals surface area contributed by atoms with Crippen LogP contribution in [0.2, 0.25) is 5.02 Å². The average Bonchev–Trinajstić information content (AvgIpc) is 3.38. The summed E-state index contributed by atoms with van der Waals surface area (Å²) in [6, 6.07) is 12.7. The maximum Gasteiger partial charge on any atom is 0.188 e. The van der Waals surface area contributed by atoms with Crippen LogP contribution in [0.5, 0.6) is 0 Å². The topological polar surface area (TPSA) is 68.9 Å². The number of hydrogen-bond donors (Lipinski definition) is 0. The second-order valence-electron chi connectivity index (χ2n) is 5.94. The van der Waals surface area contributed by atoms with Crippen molar-refractivity contribution in [2.45, 2.75) is 12.1 Å². The highest BCUT2D eigenvalue weighted by Gasteiger charge is 2.17. The lowest BCUT2D eigenvalue weighted by molar-refractivity contribution is 0.102. The molecule has 3 heterocycles. The summed E-state index contributed by atoms with van der Waals surface area (Å²) in [6.45, 7) is 1.87. The monoisotopic (exact) mass is 427 g/mol. The van der Waals surface area contributed by atoms with Crippen LogP contribution in [0.1, 0.15) is 16.1 Å². The number of rotatable bonds is 6. The smallest absolute Gasteiger partial charge is 0.188 e. The molecule has 0 aliphatic carbocycles. The number of thiophene rings is 1. The molecule has 0 N–H and O–H groups in total. The van der Waals surface area contributed by atoms with E-state index in [1.54, 1.807) is 41.8 Å². The van der Waals surface area contributed by atoms with Crippen molar-refractivity contribution in [1.82, 2.24) is 15.1 Å². The van der Waals surface area contributed by atoms with Crippen LogP contribution in [-0.2, 0) is 0 Å². The van der Waals surface area contributed by atoms with Gasteiger partial charge in [0, 0.05) is 22.8 Å². The molecule has 8 heteroatoms. The molecule has 140 valence electrons. The number of halogens is 1. The van der Waals surface area contributed by atoms with E-state index >= 15 is 0 Å². The molecule has 0 unspecified atom stereocenters. The Labute approximate surface area is 174 Å². The summed E-state index contributed by atoms with van der Waals surface area (Å²) < 4.78 is 5.40. The molecule has 0 saturated carbocycles. The predicted molar refractivity (Wildman–Crippen MR) is 112 cm³/mol. The van der Waals surface area contributed by atoms with Crippen molar-refractivity contribution in [3.05, 3.63) is 70.3 Å². The van der Waals surface area contributed by atoms with Crippen molar-refractivity contribution >= 4 is 40.5 Å². The van der Waals surface area contributed by atoms with Gasteiger partial charge < -0.3 is 4.52 Å². The zero-order valence-electron chi connectivity index (χ0n) is 14.8. The fourth-order valence-corrected chi connectivity index (χ4v) is 4.12. The number of ketones is 1. The largest absolute Gasteiger partial charge is 0.356 e. The summed E-state index contributed by atoms with van der Waals surface area (Å²) in [5.41, 5.74) is 2.95. The Hall–Kier alpha value is -2.48. The molecule has 0 fully saturated rings. The molecule has 4 aromatic rings. The third kappa shape index (κ3) is 4.16. The lowest BCUT2D eigenvalue weighted by Gasteiger charge is -2.07. The van der Waals surface area contributed by atoms with E-state index in [1.807, 2.05) is 30.5 Å². The van der Waals surface area contributed by atoms with E-state index < -0.39 is 0 Å². The normalized spacial score (nSPS) is 10.9. The summed E-state index contributed by atoms with van der Waals surface area (Å²) in [5, 5.41) is 7.08. The van der Waals surface area contributed by atoms with Crippen LogP contribution < -0.4 is 0 Å². The van der Waals surface area contributed by atoms with Gasteiger partial charge in [-0.2, -0.15) is 0 Å². The number of Topliss-reactive ketones (excluding diaryl/α,β-unsaturated/α-hetero) is 1. The van der Waals surface area contributed by atoms with Gasteiger partial charge in [0.2, 0.25) is 0 Å². The minimum Gasteiger partial charge on any atom is -0.356 e. The summed E-state index contributed by atoms with van der Waals surface area (Å²) in [4.78, 5) is 22.5. The molecule has 0 spiro atoms. The molecule has 0 saturated heterocycles. The van der Waals surface area contributed by atoms with Crippen LogP contribution in [0.3, 0.4) is 0 Å². The van der Waals surface area contributed by atoms with Crippen LogP contribution in [0.25, 0.3) is 21.9 Å². The molecule has 0 bridgehead atoms. The number of aryl methyl sites for hydroxylation is 1. The van der Waals surface area contributed by atoms with Gasteiger partial charge in [-0.05, 0) is 42.6 Å². The van der Waals surface area contributed by atoms with Crippen molar-refractivity contribution in [3.8, 4) is 21.9 Å². The summed E-state index contributed by atoms with van der Waals surface area (Å²) in [7, 11) is 0. The summed E-state index contributed by atoms with van der Waals surface area (Å²) in [5.74, 6) is 0.860. The number of carbonyl (C=O) groups is 1. The average molecular weight is 428 g/mol. The lowest BCUT2D eigenvalue weighted by atomic mass is 10.1. The van der Waals surface area contributed by atoms with Gasteiger partial charge in [-0.3, -0.25) is 4.79 Å². The number of hydrogen-bond acceptors (Lipinski definition) is 7. The van der Waals surface area contributed by atoms with Gasteiger partial charge in [-0.15, -0.1) is 11.3 Å². The van der Waals surface area contributed by atoms with E-state index in [1.165, 1.54) is 11.8 Å². The van der Waals surface area contributed by atoms with E-state index in [2.05, 4.69) is 15.1 Å². The maximum absolute atomic E-state index is 12.4. The van der Waals surface area contributed by atoms with Crippen molar-refractivity contribution in [2.24, 2.45) is 0 Å². The second-order valence-corrected chi connectivity index (χ2v) is 8.27. The van der Waals surface area contributed by atoms with Gasteiger partial charge in [-0.25, -0.2) is 9.97 Å². The maximum atomic E-state index is 12.4. The Kier molecular flexibility index (Phi) is 5.57. The fourth-order valence-electron chi connectivity index (χ4n) is 2.56. The third-order valence-corrected chi connectivity index (χ3v) is 5.90. The molecule has 3 aromatic heterocycles. The van der Waals surface area contributed by atoms with Gasteiger partial charge in [-0.1, -0.05) is 34.6 Å². The van der Waals surface area contributed by atoms with Crippen LogP contribution >= 0.6 is 34.7 Å². The van der Waals surface area contributed by atoms with Crippen LogP contribution in [0, 0.1) is 6.92 Å². The summed E-state index contributed by atoms with van der Waals surface area (Å²) >= 11 is 8.76. The molecule has 0 radical (unpaired) electrons. The van der Waals surface area contributed by atoms with Gasteiger partial charge in [0.05, 0.1) is 27.6 Å². The van der Waals surface area contributed by atoms with Crippen molar-refractivity contribution in [3.63, 3.8) is 0 Å². The highest BCUT2D eigenvalue weighted by molar-refractivity contribution is 7.99. The molecular formula is C20H14ClN3O2S2. The highest BCUT2D eigenvalue weighted by Crippen LogP contribution is 2.34. The van der Waals surface area contributed by atoms with Crippen molar-refractivity contribution in [1.29, 1.82) is 0 Å². The first-order valence-electron chi connectivity index (χ1n) is 8.36. The van der Waals surface area contributed by atoms with Gasteiger partial charge >= 0.3 is 0 Å². The van der Waals surface area contributed by atoms with Gasteiger partial charge in [0.1, 0.15) is 0 Å². The van der Waals surface area contributed by atoms with Gasteiger partial charge in [0.15, 0.2) is 16.7 Å². The molecule has 28 heavy (non-hydrogen) atoms. The summed E-state index contributed by atoms with van der Waals surface area (Å²) in [6.07, 6.45) is 1.72. The van der Waals surface area contributed by atoms with Crippen molar-refractivity contribution < 1.29 is 9.32 Å². The zero-order chi connectivity index (χ0) is 19.5. The van der Waals surface area contributed by atoms with Crippen LogP contribution in [-0.4, -0.2) is 26.7 Å². The van der Waals surface area contributed by atoms with Crippen molar-refractivity contribution in [2.75, 3.05) is 5.75 Å². The Morgan fingerprint density at radius 3 is 2.75 bits per heavy atom. The highest BCUT2D eigenvalue weighted by atomic mass is 35.5. The van der Waals surface area contributed by atoms with E-state index in [0.717, 1.165) is 21.8 Å². The lowest BCUT2D eigenvalue weighted by Crippen LogP contribution is -2.03. The molecule has 0 aliphatic heterocycles. The molecule has 0 aliphatic rings. The number of carbonyl (C=O) groups excluding carboxylic acids is 1. The second kappa shape index (κ2) is 8.26. The van der Waals surface area contributed by atoms with E-state index in [4.69, 9.17) is 16.1 Å².